The van der Waals surface area contributed by atoms with Crippen molar-refractivity contribution in [1.82, 2.24) is 20.2 Å². The molecule has 0 fully saturated rings. The largest absolute Gasteiger partial charge is 0.497 e. The molecule has 4 rings (SSSR count). The van der Waals surface area contributed by atoms with Crippen molar-refractivity contribution in [2.24, 2.45) is 0 Å². The van der Waals surface area contributed by atoms with E-state index < -0.39 is 6.04 Å². The molecule has 8 nitrogen and oxygen atoms in total. The van der Waals surface area contributed by atoms with Crippen LogP contribution in [0.3, 0.4) is 0 Å². The summed E-state index contributed by atoms with van der Waals surface area (Å²) in [5.41, 5.74) is 2.69. The first-order chi connectivity index (χ1) is 13.6. The number of fused-ring (bicyclic) bond motifs is 1. The van der Waals surface area contributed by atoms with E-state index in [1.54, 1.807) is 36.1 Å². The smallest absolute Gasteiger partial charge is 0.255 e. The molecule has 1 aliphatic rings. The zero-order chi connectivity index (χ0) is 19.7. The molecule has 0 saturated carbocycles. The van der Waals surface area contributed by atoms with Gasteiger partial charge in [-0.25, -0.2) is 0 Å². The third-order valence-corrected chi connectivity index (χ3v) is 4.74. The maximum Gasteiger partial charge on any atom is 0.255 e. The molecule has 1 aliphatic heterocycles. The molecule has 0 spiro atoms. The molecule has 3 aromatic rings. The average Bonchev–Trinajstić information content (AvgIpc) is 3.16. The lowest BCUT2D eigenvalue weighted by molar-refractivity contribution is -0.113. The summed E-state index contributed by atoms with van der Waals surface area (Å²) in [6, 6.07) is 13.9. The Labute approximate surface area is 166 Å². The number of hydrogen-bond acceptors (Lipinski definition) is 6. The van der Waals surface area contributed by atoms with Gasteiger partial charge in [0.15, 0.2) is 0 Å². The number of hydrogen-bond donors (Lipinski definition) is 2. The van der Waals surface area contributed by atoms with Crippen LogP contribution in [-0.2, 0) is 4.79 Å². The molecule has 9 heteroatoms. The molecule has 0 bridgehead atoms. The molecule has 142 valence electrons. The van der Waals surface area contributed by atoms with Crippen LogP contribution >= 0.6 is 11.6 Å². The van der Waals surface area contributed by atoms with E-state index in [2.05, 4.69) is 26.2 Å². The Morgan fingerprint density at radius 1 is 1.18 bits per heavy atom. The Morgan fingerprint density at radius 2 is 1.89 bits per heavy atom. The standard InChI is InChI=1S/C19H17ClN6O2/c1-11-16(18(27)22-14-7-5-13(20)6-8-14)17(26-19(21-11)23-24-25-26)12-3-9-15(28-2)10-4-12/h3-10,17H,1-2H3,(H,22,27)(H,21,23,25)/t17-/m0/s1. The van der Waals surface area contributed by atoms with Crippen LogP contribution in [0.15, 0.2) is 59.8 Å². The molecular formula is C19H17ClN6O2. The van der Waals surface area contributed by atoms with Crippen molar-refractivity contribution in [3.05, 3.63) is 70.4 Å². The van der Waals surface area contributed by atoms with Gasteiger partial charge in [-0.15, -0.1) is 0 Å². The van der Waals surface area contributed by atoms with Crippen LogP contribution in [-0.4, -0.2) is 33.2 Å². The fourth-order valence-corrected chi connectivity index (χ4v) is 3.26. The number of carbonyl (C=O) groups is 1. The summed E-state index contributed by atoms with van der Waals surface area (Å²) >= 11 is 5.92. The fraction of sp³-hybridized carbons (Fsp3) is 0.158. The molecule has 1 atom stereocenters. The van der Waals surface area contributed by atoms with E-state index in [0.717, 1.165) is 11.3 Å². The monoisotopic (exact) mass is 396 g/mol. The minimum absolute atomic E-state index is 0.255. The lowest BCUT2D eigenvalue weighted by Crippen LogP contribution is -2.31. The Balaban J connectivity index is 1.73. The minimum atomic E-state index is -0.482. The summed E-state index contributed by atoms with van der Waals surface area (Å²) in [5.74, 6) is 0.943. The van der Waals surface area contributed by atoms with E-state index in [1.807, 2.05) is 31.2 Å². The number of anilines is 2. The predicted molar refractivity (Wildman–Crippen MR) is 105 cm³/mol. The quantitative estimate of drug-likeness (QED) is 0.703. The van der Waals surface area contributed by atoms with Gasteiger partial charge in [0, 0.05) is 16.4 Å². The maximum atomic E-state index is 13.2. The third-order valence-electron chi connectivity index (χ3n) is 4.49. The lowest BCUT2D eigenvalue weighted by Gasteiger charge is -2.28. The topological polar surface area (TPSA) is 94.0 Å². The molecule has 2 aromatic carbocycles. The Hall–Kier alpha value is -3.39. The second-order valence-corrected chi connectivity index (χ2v) is 6.68. The van der Waals surface area contributed by atoms with E-state index in [1.165, 1.54) is 0 Å². The first-order valence-electron chi connectivity index (χ1n) is 8.53. The average molecular weight is 397 g/mol. The van der Waals surface area contributed by atoms with Crippen molar-refractivity contribution >= 4 is 29.1 Å². The van der Waals surface area contributed by atoms with Crippen molar-refractivity contribution in [2.75, 3.05) is 17.7 Å². The number of methoxy groups -OCH3 is 1. The Morgan fingerprint density at radius 3 is 2.57 bits per heavy atom. The van der Waals surface area contributed by atoms with Crippen LogP contribution in [0.4, 0.5) is 11.6 Å². The number of nitrogens with zero attached hydrogens (tertiary/aromatic N) is 4. The van der Waals surface area contributed by atoms with Gasteiger partial charge in [0.2, 0.25) is 5.95 Å². The molecule has 0 aliphatic carbocycles. The predicted octanol–water partition coefficient (Wildman–Crippen LogP) is 3.26. The second-order valence-electron chi connectivity index (χ2n) is 6.25. The highest BCUT2D eigenvalue weighted by Gasteiger charge is 2.34. The van der Waals surface area contributed by atoms with Gasteiger partial charge in [-0.1, -0.05) is 28.8 Å². The number of ether oxygens (including phenoxy) is 1. The Kier molecular flexibility index (Phi) is 4.70. The highest BCUT2D eigenvalue weighted by Crippen LogP contribution is 2.35. The molecule has 2 heterocycles. The highest BCUT2D eigenvalue weighted by molar-refractivity contribution is 6.30. The van der Waals surface area contributed by atoms with E-state index in [4.69, 9.17) is 16.3 Å². The van der Waals surface area contributed by atoms with Crippen molar-refractivity contribution < 1.29 is 9.53 Å². The molecule has 1 aromatic heterocycles. The first-order valence-corrected chi connectivity index (χ1v) is 8.91. The zero-order valence-corrected chi connectivity index (χ0v) is 15.9. The molecular weight excluding hydrogens is 380 g/mol. The van der Waals surface area contributed by atoms with E-state index >= 15 is 0 Å². The number of benzene rings is 2. The van der Waals surface area contributed by atoms with Gasteiger partial charge in [0.25, 0.3) is 5.91 Å². The van der Waals surface area contributed by atoms with Crippen molar-refractivity contribution in [2.45, 2.75) is 13.0 Å². The fourth-order valence-electron chi connectivity index (χ4n) is 3.13. The van der Waals surface area contributed by atoms with E-state index in [-0.39, 0.29) is 5.91 Å². The molecule has 0 unspecified atom stereocenters. The number of halogens is 1. The lowest BCUT2D eigenvalue weighted by atomic mass is 9.95. The summed E-state index contributed by atoms with van der Waals surface area (Å²) < 4.78 is 6.82. The van der Waals surface area contributed by atoms with Gasteiger partial charge in [0.1, 0.15) is 11.8 Å². The number of nitrogens with one attached hydrogen (secondary N) is 2. The molecule has 0 saturated heterocycles. The van der Waals surface area contributed by atoms with Crippen molar-refractivity contribution in [3.63, 3.8) is 0 Å². The van der Waals surface area contributed by atoms with E-state index in [9.17, 15) is 4.79 Å². The molecule has 1 amide bonds. The Bertz CT molecular complexity index is 1040. The van der Waals surface area contributed by atoms with Crippen molar-refractivity contribution in [1.29, 1.82) is 0 Å². The number of amides is 1. The van der Waals surface area contributed by atoms with Gasteiger partial charge in [-0.3, -0.25) is 4.79 Å². The summed E-state index contributed by atoms with van der Waals surface area (Å²) in [4.78, 5) is 13.2. The van der Waals surface area contributed by atoms with Crippen LogP contribution in [0.1, 0.15) is 18.5 Å². The summed E-state index contributed by atoms with van der Waals surface area (Å²) in [6.45, 7) is 1.82. The summed E-state index contributed by atoms with van der Waals surface area (Å²) in [6.07, 6.45) is 0. The van der Waals surface area contributed by atoms with Gasteiger partial charge in [-0.05, 0) is 59.3 Å². The molecule has 0 radical (unpaired) electrons. The third kappa shape index (κ3) is 3.29. The molecule has 2 N–H and O–H groups in total. The number of aromatic nitrogens is 4. The van der Waals surface area contributed by atoms with Gasteiger partial charge in [0.05, 0.1) is 12.7 Å². The first kappa shape index (κ1) is 18.0. The molecule has 28 heavy (non-hydrogen) atoms. The number of tetrazole rings is 1. The van der Waals surface area contributed by atoms with Gasteiger partial charge >= 0.3 is 0 Å². The highest BCUT2D eigenvalue weighted by atomic mass is 35.5. The van der Waals surface area contributed by atoms with Gasteiger partial charge < -0.3 is 15.4 Å². The minimum Gasteiger partial charge on any atom is -0.497 e. The van der Waals surface area contributed by atoms with E-state index in [0.29, 0.717) is 27.9 Å². The zero-order valence-electron chi connectivity index (χ0n) is 15.2. The second kappa shape index (κ2) is 7.32. The normalized spacial score (nSPS) is 15.6. The van der Waals surface area contributed by atoms with Crippen molar-refractivity contribution in [3.8, 4) is 5.75 Å². The maximum absolute atomic E-state index is 13.2. The summed E-state index contributed by atoms with van der Waals surface area (Å²) in [7, 11) is 1.61. The number of rotatable bonds is 4. The van der Waals surface area contributed by atoms with Crippen LogP contribution < -0.4 is 15.4 Å². The van der Waals surface area contributed by atoms with Crippen LogP contribution in [0.2, 0.25) is 5.02 Å². The van der Waals surface area contributed by atoms with Gasteiger partial charge in [-0.2, -0.15) is 4.68 Å². The number of allylic oxidation sites excluding steroid dienone is 1. The van der Waals surface area contributed by atoms with Crippen LogP contribution in [0, 0.1) is 0 Å². The SMILES string of the molecule is COc1ccc([C@H]2C(C(=O)Nc3ccc(Cl)cc3)=C(C)Nc3nnnn32)cc1. The number of carbonyl (C=O) groups excluding carboxylic acids is 1. The van der Waals surface area contributed by atoms with Crippen LogP contribution in [0.5, 0.6) is 5.75 Å². The van der Waals surface area contributed by atoms with Crippen LogP contribution in [0.25, 0.3) is 0 Å². The summed E-state index contributed by atoms with van der Waals surface area (Å²) in [5, 5.41) is 18.4.